The second-order valence-electron chi connectivity index (χ2n) is 5.36. The van der Waals surface area contributed by atoms with Gasteiger partial charge in [-0.2, -0.15) is 0 Å². The number of phosphoric ester groups is 1. The predicted molar refractivity (Wildman–Crippen MR) is 89.4 cm³/mol. The van der Waals surface area contributed by atoms with Gasteiger partial charge in [0.2, 0.25) is 12.9 Å². The number of hydrogen-bond donors (Lipinski definition) is 2. The lowest BCUT2D eigenvalue weighted by Crippen LogP contribution is -2.07. The molecule has 1 aromatic carbocycles. The van der Waals surface area contributed by atoms with Crippen molar-refractivity contribution in [1.29, 1.82) is 0 Å². The van der Waals surface area contributed by atoms with Gasteiger partial charge in [-0.15, -0.1) is 0 Å². The molecule has 0 aromatic heterocycles. The van der Waals surface area contributed by atoms with E-state index < -0.39 is 20.6 Å². The fourth-order valence-electron chi connectivity index (χ4n) is 2.18. The Hall–Kier alpha value is -1.82. The molecule has 0 aliphatic heterocycles. The molecular formula is C16H22NO7P. The molecule has 0 atom stereocenters. The van der Waals surface area contributed by atoms with Crippen molar-refractivity contribution in [2.45, 2.75) is 38.5 Å². The molecule has 8 nitrogen and oxygen atoms in total. The van der Waals surface area contributed by atoms with E-state index in [1.165, 1.54) is 11.6 Å². The molecular weight excluding hydrogens is 349 g/mol. The Morgan fingerprint density at radius 3 is 2.48 bits per heavy atom. The van der Waals surface area contributed by atoms with E-state index in [1.54, 1.807) is 0 Å². The van der Waals surface area contributed by atoms with E-state index in [4.69, 9.17) is 9.79 Å². The summed E-state index contributed by atoms with van der Waals surface area (Å²) in [7, 11) is -4.62. The van der Waals surface area contributed by atoms with E-state index in [1.807, 2.05) is 18.2 Å². The average Bonchev–Trinajstić information content (AvgIpc) is 2.54. The van der Waals surface area contributed by atoms with Gasteiger partial charge >= 0.3 is 13.8 Å². The molecule has 0 aliphatic carbocycles. The van der Waals surface area contributed by atoms with Crippen molar-refractivity contribution in [3.63, 3.8) is 0 Å². The van der Waals surface area contributed by atoms with Crippen LogP contribution >= 0.6 is 7.82 Å². The summed E-state index contributed by atoms with van der Waals surface area (Å²) in [6.45, 7) is -0.260. The predicted octanol–water partition coefficient (Wildman–Crippen LogP) is 2.28. The number of rotatable bonds is 12. The number of carbonyl (C=O) groups excluding carboxylic acids is 2. The van der Waals surface area contributed by atoms with E-state index in [-0.39, 0.29) is 6.42 Å². The zero-order valence-electron chi connectivity index (χ0n) is 13.8. The fraction of sp³-hybridized carbons (Fsp3) is 0.500. The molecule has 0 amide bonds. The van der Waals surface area contributed by atoms with E-state index in [0.717, 1.165) is 24.8 Å². The van der Waals surface area contributed by atoms with Crippen LogP contribution in [0.15, 0.2) is 29.3 Å². The van der Waals surface area contributed by atoms with Crippen LogP contribution < -0.4 is 0 Å². The van der Waals surface area contributed by atoms with Crippen LogP contribution in [0.2, 0.25) is 0 Å². The van der Waals surface area contributed by atoms with Crippen molar-refractivity contribution >= 4 is 19.9 Å². The van der Waals surface area contributed by atoms with Gasteiger partial charge in [0.05, 0.1) is 6.54 Å². The van der Waals surface area contributed by atoms with Crippen molar-refractivity contribution < 1.29 is 33.2 Å². The summed E-state index contributed by atoms with van der Waals surface area (Å²) in [5, 5.41) is 0. The number of aliphatic imine (C=N–C) groups is 1. The summed E-state index contributed by atoms with van der Waals surface area (Å²) in [4.78, 5) is 41.8. The molecule has 0 saturated carbocycles. The molecule has 0 radical (unpaired) electrons. The zero-order chi connectivity index (χ0) is 18.5. The van der Waals surface area contributed by atoms with Crippen LogP contribution in [0.3, 0.4) is 0 Å². The first-order valence-electron chi connectivity index (χ1n) is 7.88. The van der Waals surface area contributed by atoms with Crippen molar-refractivity contribution in [3.05, 3.63) is 35.4 Å². The van der Waals surface area contributed by atoms with E-state index in [9.17, 15) is 14.2 Å². The number of benzene rings is 1. The minimum atomic E-state index is -4.62. The van der Waals surface area contributed by atoms with Gasteiger partial charge in [0.15, 0.2) is 0 Å². The van der Waals surface area contributed by atoms with Crippen molar-refractivity contribution in [1.82, 2.24) is 0 Å². The van der Waals surface area contributed by atoms with Crippen LogP contribution in [0, 0.1) is 0 Å². The Balaban J connectivity index is 2.26. The number of aryl methyl sites for hydroxylation is 2. The lowest BCUT2D eigenvalue weighted by Gasteiger charge is -2.07. The van der Waals surface area contributed by atoms with Gasteiger partial charge in [0, 0.05) is 6.42 Å². The molecule has 1 aromatic rings. The minimum absolute atomic E-state index is 0.137. The van der Waals surface area contributed by atoms with Gasteiger partial charge in [0.1, 0.15) is 0 Å². The molecule has 0 bridgehead atoms. The van der Waals surface area contributed by atoms with Crippen LogP contribution in [-0.4, -0.2) is 35.2 Å². The fourth-order valence-corrected chi connectivity index (χ4v) is 2.37. The summed E-state index contributed by atoms with van der Waals surface area (Å²) in [5.74, 6) is -0.569. The molecule has 9 heteroatoms. The van der Waals surface area contributed by atoms with Crippen LogP contribution in [0.1, 0.15) is 36.8 Å². The lowest BCUT2D eigenvalue weighted by molar-refractivity contribution is -0.150. The molecule has 138 valence electrons. The number of esters is 1. The second kappa shape index (κ2) is 11.7. The Labute approximate surface area is 146 Å². The summed E-state index contributed by atoms with van der Waals surface area (Å²) in [5.41, 5.74) is 2.29. The first-order valence-corrected chi connectivity index (χ1v) is 9.41. The maximum atomic E-state index is 11.4. The third-order valence-corrected chi connectivity index (χ3v) is 3.77. The topological polar surface area (TPSA) is 122 Å². The molecule has 25 heavy (non-hydrogen) atoms. The quantitative estimate of drug-likeness (QED) is 0.144. The first kappa shape index (κ1) is 21.2. The van der Waals surface area contributed by atoms with Gasteiger partial charge < -0.3 is 14.5 Å². The summed E-state index contributed by atoms with van der Waals surface area (Å²) in [6, 6.07) is 8.04. The highest BCUT2D eigenvalue weighted by atomic mass is 31.2. The number of nitrogens with zero attached hydrogens (tertiary/aromatic N) is 1. The largest absolute Gasteiger partial charge is 0.472 e. The molecule has 2 N–H and O–H groups in total. The van der Waals surface area contributed by atoms with Crippen LogP contribution in [-0.2, 0) is 36.3 Å². The number of carbonyl (C=O) groups is 1. The highest BCUT2D eigenvalue weighted by Crippen LogP contribution is 2.35. The summed E-state index contributed by atoms with van der Waals surface area (Å²) < 4.78 is 19.0. The molecule has 0 heterocycles. The summed E-state index contributed by atoms with van der Waals surface area (Å²) >= 11 is 0. The Morgan fingerprint density at radius 2 is 1.84 bits per heavy atom. The maximum absolute atomic E-state index is 11.4. The standard InChI is InChI=1S/C16H22NO7P/c18-12-17-10-2-1-5-14-6-3-7-15(11-14)8-4-9-16(19)23-13-24-25(20,21)22/h3,6-7,11H,1-2,4-5,8-10,13H2,(H2,20,21,22). The van der Waals surface area contributed by atoms with Gasteiger partial charge in [0.25, 0.3) is 0 Å². The van der Waals surface area contributed by atoms with E-state index >= 15 is 0 Å². The highest BCUT2D eigenvalue weighted by Gasteiger charge is 2.14. The van der Waals surface area contributed by atoms with E-state index in [0.29, 0.717) is 19.4 Å². The SMILES string of the molecule is O=C=NCCCCc1cccc(CCCC(=O)OCOP(=O)(O)O)c1. The molecule has 1 rings (SSSR count). The molecule has 0 saturated heterocycles. The average molecular weight is 371 g/mol. The van der Waals surface area contributed by atoms with Gasteiger partial charge in [-0.25, -0.2) is 18.9 Å². The minimum Gasteiger partial charge on any atom is -0.438 e. The van der Waals surface area contributed by atoms with Crippen molar-refractivity contribution in [2.75, 3.05) is 13.3 Å². The molecule has 0 unspecified atom stereocenters. The Morgan fingerprint density at radius 1 is 1.16 bits per heavy atom. The normalized spacial score (nSPS) is 11.0. The smallest absolute Gasteiger partial charge is 0.438 e. The monoisotopic (exact) mass is 371 g/mol. The lowest BCUT2D eigenvalue weighted by atomic mass is 10.0. The summed E-state index contributed by atoms with van der Waals surface area (Å²) in [6.07, 6.45) is 5.57. The van der Waals surface area contributed by atoms with Gasteiger partial charge in [-0.05, 0) is 43.2 Å². The van der Waals surface area contributed by atoms with Crippen molar-refractivity contribution in [3.8, 4) is 0 Å². The highest BCUT2D eigenvalue weighted by molar-refractivity contribution is 7.46. The number of phosphoric acid groups is 1. The van der Waals surface area contributed by atoms with Crippen LogP contribution in [0.5, 0.6) is 0 Å². The third kappa shape index (κ3) is 11.4. The van der Waals surface area contributed by atoms with Crippen LogP contribution in [0.25, 0.3) is 0 Å². The Kier molecular flexibility index (Phi) is 9.92. The number of isocyanates is 1. The second-order valence-corrected chi connectivity index (χ2v) is 6.60. The van der Waals surface area contributed by atoms with Crippen LogP contribution in [0.4, 0.5) is 0 Å². The third-order valence-electron chi connectivity index (χ3n) is 3.33. The first-order chi connectivity index (χ1) is 11.9. The number of ether oxygens (including phenoxy) is 1. The molecule has 0 fully saturated rings. The van der Waals surface area contributed by atoms with Crippen molar-refractivity contribution in [2.24, 2.45) is 4.99 Å². The molecule has 0 aliphatic rings. The van der Waals surface area contributed by atoms with E-state index in [2.05, 4.69) is 20.3 Å². The van der Waals surface area contributed by atoms with Gasteiger partial charge in [-0.3, -0.25) is 4.79 Å². The maximum Gasteiger partial charge on any atom is 0.472 e. The van der Waals surface area contributed by atoms with Gasteiger partial charge in [-0.1, -0.05) is 24.3 Å². The Bertz CT molecular complexity index is 637. The molecule has 0 spiro atoms. The zero-order valence-corrected chi connectivity index (χ0v) is 14.7. The number of unbranched alkanes of at least 4 members (excludes halogenated alkanes) is 1. The number of hydrogen-bond acceptors (Lipinski definition) is 6.